The second-order valence-corrected chi connectivity index (χ2v) is 6.04. The van der Waals surface area contributed by atoms with Gasteiger partial charge in [0.15, 0.2) is 16.7 Å². The minimum atomic E-state index is 0.751. The Morgan fingerprint density at radius 2 is 2.00 bits per heavy atom. The number of ether oxygens (including phenoxy) is 1. The van der Waals surface area contributed by atoms with Crippen LogP contribution in [0.4, 0.5) is 0 Å². The van der Waals surface area contributed by atoms with Crippen LogP contribution in [-0.4, -0.2) is 27.6 Å². The Morgan fingerprint density at radius 1 is 1.17 bits per heavy atom. The third-order valence-corrected chi connectivity index (χ3v) is 4.52. The van der Waals surface area contributed by atoms with Gasteiger partial charge < -0.3 is 9.15 Å². The maximum absolute atomic E-state index is 5.43. The van der Waals surface area contributed by atoms with Crippen molar-refractivity contribution in [3.05, 3.63) is 48.2 Å². The number of hydrogen-bond donors (Lipinski definition) is 0. The van der Waals surface area contributed by atoms with Crippen molar-refractivity contribution < 1.29 is 9.15 Å². The minimum Gasteiger partial charge on any atom is -0.497 e. The lowest BCUT2D eigenvalue weighted by molar-refractivity contribution is 0.414. The molecule has 6 heteroatoms. The van der Waals surface area contributed by atoms with Crippen molar-refractivity contribution in [2.24, 2.45) is 0 Å². The van der Waals surface area contributed by atoms with Gasteiger partial charge in [-0.05, 0) is 43.2 Å². The van der Waals surface area contributed by atoms with Crippen LogP contribution in [0.2, 0.25) is 0 Å². The number of furan rings is 1. The van der Waals surface area contributed by atoms with Gasteiger partial charge in [0.25, 0.3) is 0 Å². The topological polar surface area (TPSA) is 53.1 Å². The Morgan fingerprint density at radius 3 is 2.65 bits per heavy atom. The fourth-order valence-corrected chi connectivity index (χ4v) is 3.31. The van der Waals surface area contributed by atoms with Crippen LogP contribution >= 0.6 is 11.8 Å². The van der Waals surface area contributed by atoms with Gasteiger partial charge in [-0.3, -0.25) is 4.57 Å². The summed E-state index contributed by atoms with van der Waals surface area (Å²) >= 11 is 1.71. The van der Waals surface area contributed by atoms with Crippen molar-refractivity contribution in [2.75, 3.05) is 12.9 Å². The summed E-state index contributed by atoms with van der Waals surface area (Å²) in [5, 5.41) is 9.48. The van der Waals surface area contributed by atoms with Crippen LogP contribution in [0.5, 0.6) is 5.75 Å². The number of thioether (sulfide) groups is 1. The molecule has 0 bridgehead atoms. The number of nitrogens with zero attached hydrogens (tertiary/aromatic N) is 3. The summed E-state index contributed by atoms with van der Waals surface area (Å²) in [6.07, 6.45) is 2.63. The van der Waals surface area contributed by atoms with E-state index in [4.69, 9.17) is 9.15 Å². The Balaban J connectivity index is 1.64. The van der Waals surface area contributed by atoms with Crippen molar-refractivity contribution >= 4 is 11.8 Å². The van der Waals surface area contributed by atoms with Crippen molar-refractivity contribution in [3.63, 3.8) is 0 Å². The van der Waals surface area contributed by atoms with E-state index < -0.39 is 0 Å². The molecule has 0 aliphatic rings. The van der Waals surface area contributed by atoms with Gasteiger partial charge in [-0.25, -0.2) is 0 Å². The van der Waals surface area contributed by atoms with E-state index in [1.54, 1.807) is 25.1 Å². The third kappa shape index (κ3) is 3.59. The van der Waals surface area contributed by atoms with E-state index in [0.717, 1.165) is 41.2 Å². The molecule has 5 nitrogen and oxygen atoms in total. The SMILES string of the molecule is CCn1c(SCCc2ccc(OC)cc2)nnc1-c1ccco1. The average Bonchev–Trinajstić information content (AvgIpc) is 3.24. The molecule has 3 rings (SSSR count). The highest BCUT2D eigenvalue weighted by Crippen LogP contribution is 2.25. The molecular weight excluding hydrogens is 310 g/mol. The van der Waals surface area contributed by atoms with Crippen molar-refractivity contribution in [2.45, 2.75) is 25.0 Å². The number of hydrogen-bond acceptors (Lipinski definition) is 5. The zero-order valence-electron chi connectivity index (χ0n) is 13.2. The van der Waals surface area contributed by atoms with Crippen LogP contribution in [0.1, 0.15) is 12.5 Å². The highest BCUT2D eigenvalue weighted by molar-refractivity contribution is 7.99. The Kier molecular flexibility index (Phi) is 5.02. The molecular formula is C17H19N3O2S. The Hall–Kier alpha value is -2.21. The molecule has 0 radical (unpaired) electrons. The van der Waals surface area contributed by atoms with Crippen LogP contribution in [0.25, 0.3) is 11.6 Å². The zero-order valence-corrected chi connectivity index (χ0v) is 14.0. The van der Waals surface area contributed by atoms with Gasteiger partial charge in [0.1, 0.15) is 5.75 Å². The summed E-state index contributed by atoms with van der Waals surface area (Å²) in [6.45, 7) is 2.90. The summed E-state index contributed by atoms with van der Waals surface area (Å²) in [4.78, 5) is 0. The van der Waals surface area contributed by atoms with E-state index in [2.05, 4.69) is 33.8 Å². The fourth-order valence-electron chi connectivity index (χ4n) is 2.32. The van der Waals surface area contributed by atoms with Gasteiger partial charge in [0, 0.05) is 12.3 Å². The first-order chi connectivity index (χ1) is 11.3. The lowest BCUT2D eigenvalue weighted by Crippen LogP contribution is -2.00. The third-order valence-electron chi connectivity index (χ3n) is 3.56. The van der Waals surface area contributed by atoms with Crippen molar-refractivity contribution in [3.8, 4) is 17.3 Å². The maximum atomic E-state index is 5.43. The van der Waals surface area contributed by atoms with E-state index in [1.807, 2.05) is 24.3 Å². The quantitative estimate of drug-likeness (QED) is 0.615. The number of rotatable bonds is 7. The van der Waals surface area contributed by atoms with E-state index in [9.17, 15) is 0 Å². The predicted octanol–water partition coefficient (Wildman–Crippen LogP) is 3.90. The van der Waals surface area contributed by atoms with Crippen LogP contribution < -0.4 is 4.74 Å². The molecule has 0 saturated heterocycles. The van der Waals surface area contributed by atoms with Gasteiger partial charge in [0.2, 0.25) is 0 Å². The molecule has 0 saturated carbocycles. The van der Waals surface area contributed by atoms with Crippen LogP contribution in [0.15, 0.2) is 52.2 Å². The first-order valence-electron chi connectivity index (χ1n) is 7.54. The fraction of sp³-hybridized carbons (Fsp3) is 0.294. The second-order valence-electron chi connectivity index (χ2n) is 4.97. The summed E-state index contributed by atoms with van der Waals surface area (Å²) in [5.41, 5.74) is 1.28. The molecule has 0 aliphatic carbocycles. The first kappa shape index (κ1) is 15.7. The molecule has 0 N–H and O–H groups in total. The number of methoxy groups -OCH3 is 1. The average molecular weight is 329 g/mol. The highest BCUT2D eigenvalue weighted by Gasteiger charge is 2.14. The monoisotopic (exact) mass is 329 g/mol. The van der Waals surface area contributed by atoms with Gasteiger partial charge in [-0.2, -0.15) is 0 Å². The van der Waals surface area contributed by atoms with Gasteiger partial charge in [0.05, 0.1) is 13.4 Å². The number of benzene rings is 1. The molecule has 2 aromatic heterocycles. The lowest BCUT2D eigenvalue weighted by Gasteiger charge is -2.06. The standard InChI is InChI=1S/C17H19N3O2S/c1-3-20-16(15-5-4-11-22-15)18-19-17(20)23-12-10-13-6-8-14(21-2)9-7-13/h4-9,11H,3,10,12H2,1-2H3. The van der Waals surface area contributed by atoms with E-state index in [1.165, 1.54) is 5.56 Å². The molecule has 0 amide bonds. The summed E-state index contributed by atoms with van der Waals surface area (Å²) in [5.74, 6) is 3.36. The largest absolute Gasteiger partial charge is 0.497 e. The molecule has 0 fully saturated rings. The Bertz CT molecular complexity index is 736. The first-order valence-corrected chi connectivity index (χ1v) is 8.53. The lowest BCUT2D eigenvalue weighted by atomic mass is 10.2. The van der Waals surface area contributed by atoms with Gasteiger partial charge in [-0.1, -0.05) is 23.9 Å². The van der Waals surface area contributed by atoms with E-state index in [0.29, 0.717) is 0 Å². The highest BCUT2D eigenvalue weighted by atomic mass is 32.2. The molecule has 0 aliphatic heterocycles. The smallest absolute Gasteiger partial charge is 0.200 e. The molecule has 0 atom stereocenters. The predicted molar refractivity (Wildman–Crippen MR) is 90.8 cm³/mol. The van der Waals surface area contributed by atoms with Crippen molar-refractivity contribution in [1.82, 2.24) is 14.8 Å². The maximum Gasteiger partial charge on any atom is 0.200 e. The molecule has 2 heterocycles. The van der Waals surface area contributed by atoms with E-state index in [-0.39, 0.29) is 0 Å². The Labute approximate surface area is 139 Å². The summed E-state index contributed by atoms with van der Waals surface area (Å²) in [7, 11) is 1.68. The molecule has 0 unspecified atom stereocenters. The molecule has 23 heavy (non-hydrogen) atoms. The number of aryl methyl sites for hydroxylation is 1. The van der Waals surface area contributed by atoms with Crippen LogP contribution in [0, 0.1) is 0 Å². The normalized spacial score (nSPS) is 10.9. The molecule has 1 aromatic carbocycles. The van der Waals surface area contributed by atoms with Crippen LogP contribution in [-0.2, 0) is 13.0 Å². The summed E-state index contributed by atoms with van der Waals surface area (Å²) < 4.78 is 12.7. The van der Waals surface area contributed by atoms with E-state index >= 15 is 0 Å². The number of aromatic nitrogens is 3. The zero-order chi connectivity index (χ0) is 16.1. The van der Waals surface area contributed by atoms with Crippen LogP contribution in [0.3, 0.4) is 0 Å². The molecule has 0 spiro atoms. The van der Waals surface area contributed by atoms with Gasteiger partial charge in [-0.15, -0.1) is 10.2 Å². The second kappa shape index (κ2) is 7.37. The minimum absolute atomic E-state index is 0.751. The van der Waals surface area contributed by atoms with Gasteiger partial charge >= 0.3 is 0 Å². The van der Waals surface area contributed by atoms with Crippen molar-refractivity contribution in [1.29, 1.82) is 0 Å². The molecule has 3 aromatic rings. The summed E-state index contributed by atoms with van der Waals surface area (Å²) in [6, 6.07) is 11.9. The molecule has 120 valence electrons.